The van der Waals surface area contributed by atoms with Gasteiger partial charge in [0.15, 0.2) is 0 Å². The number of primary amides is 1. The van der Waals surface area contributed by atoms with E-state index in [9.17, 15) is 9.59 Å². The number of carbonyl (C=O) groups is 2. The largest absolute Gasteiger partial charge is 0.445 e. The van der Waals surface area contributed by atoms with Gasteiger partial charge in [0.2, 0.25) is 0 Å². The van der Waals surface area contributed by atoms with Gasteiger partial charge in [0, 0.05) is 11.6 Å². The molecule has 0 spiro atoms. The van der Waals surface area contributed by atoms with Crippen LogP contribution in [0.25, 0.3) is 0 Å². The first kappa shape index (κ1) is 15.9. The third-order valence-corrected chi connectivity index (χ3v) is 2.94. The van der Waals surface area contributed by atoms with Crippen molar-refractivity contribution in [2.75, 3.05) is 0 Å². The summed E-state index contributed by atoms with van der Waals surface area (Å²) < 4.78 is 9.91. The van der Waals surface area contributed by atoms with E-state index in [1.807, 2.05) is 51.1 Å². The molecule has 2 rings (SSSR count). The zero-order valence-electron chi connectivity index (χ0n) is 12.9. The first-order valence-corrected chi connectivity index (χ1v) is 6.97. The van der Waals surface area contributed by atoms with Crippen LogP contribution in [0.4, 0.5) is 9.59 Å². The standard InChI is InChI=1S/C16H20N2O4/c1-16(2,3)22-15(20)18-13-8-12(13)11-6-4-10(5-7-11)9-21-14(17)19/h4-8,12H,9H2,1-3H3,(H2,17,19)(H,18,20)/t12-/m0/s1. The van der Waals surface area contributed by atoms with Crippen LogP contribution in [0.1, 0.15) is 37.8 Å². The maximum absolute atomic E-state index is 11.7. The average Bonchev–Trinajstić information content (AvgIpc) is 3.13. The van der Waals surface area contributed by atoms with Crippen molar-refractivity contribution in [1.29, 1.82) is 0 Å². The molecule has 1 atom stereocenters. The van der Waals surface area contributed by atoms with Crippen molar-refractivity contribution in [3.05, 3.63) is 47.2 Å². The minimum absolute atomic E-state index is 0.0960. The number of hydrogen-bond donors (Lipinski definition) is 2. The summed E-state index contributed by atoms with van der Waals surface area (Å²) in [5.41, 5.74) is 7.13. The smallest absolute Gasteiger partial charge is 0.411 e. The van der Waals surface area contributed by atoms with Gasteiger partial charge in [0.25, 0.3) is 0 Å². The minimum atomic E-state index is -0.795. The Morgan fingerprint density at radius 3 is 2.41 bits per heavy atom. The monoisotopic (exact) mass is 304 g/mol. The SMILES string of the molecule is CC(C)(C)OC(=O)NC1=C[C@H]1c1ccc(COC(N)=O)cc1. The van der Waals surface area contributed by atoms with Crippen molar-refractivity contribution < 1.29 is 19.1 Å². The number of ether oxygens (including phenoxy) is 2. The lowest BCUT2D eigenvalue weighted by Crippen LogP contribution is -2.30. The summed E-state index contributed by atoms with van der Waals surface area (Å²) in [6, 6.07) is 7.56. The Bertz CT molecular complexity index is 600. The molecule has 3 N–H and O–H groups in total. The van der Waals surface area contributed by atoms with Crippen molar-refractivity contribution in [1.82, 2.24) is 5.32 Å². The molecule has 118 valence electrons. The Kier molecular flexibility index (Phi) is 4.40. The van der Waals surface area contributed by atoms with Gasteiger partial charge in [-0.2, -0.15) is 0 Å². The highest BCUT2D eigenvalue weighted by atomic mass is 16.6. The second kappa shape index (κ2) is 6.09. The normalized spacial score (nSPS) is 16.5. The topological polar surface area (TPSA) is 90.7 Å². The van der Waals surface area contributed by atoms with Crippen LogP contribution in [0.5, 0.6) is 0 Å². The van der Waals surface area contributed by atoms with E-state index in [4.69, 9.17) is 15.2 Å². The zero-order chi connectivity index (χ0) is 16.3. The van der Waals surface area contributed by atoms with Crippen LogP contribution in [-0.4, -0.2) is 17.8 Å². The lowest BCUT2D eigenvalue weighted by Gasteiger charge is -2.19. The molecular weight excluding hydrogens is 284 g/mol. The molecule has 0 fully saturated rings. The van der Waals surface area contributed by atoms with Gasteiger partial charge < -0.3 is 15.2 Å². The lowest BCUT2D eigenvalue weighted by atomic mass is 10.1. The van der Waals surface area contributed by atoms with Gasteiger partial charge in [0.1, 0.15) is 12.2 Å². The van der Waals surface area contributed by atoms with Gasteiger partial charge in [-0.25, -0.2) is 9.59 Å². The van der Waals surface area contributed by atoms with Crippen LogP contribution in [0, 0.1) is 0 Å². The minimum Gasteiger partial charge on any atom is -0.445 e. The number of nitrogens with one attached hydrogen (secondary N) is 1. The van der Waals surface area contributed by atoms with E-state index >= 15 is 0 Å². The number of nitrogens with two attached hydrogens (primary N) is 1. The first-order chi connectivity index (χ1) is 10.2. The highest BCUT2D eigenvalue weighted by Gasteiger charge is 2.29. The molecule has 2 amide bonds. The fraction of sp³-hybridized carbons (Fsp3) is 0.375. The Labute approximate surface area is 129 Å². The van der Waals surface area contributed by atoms with Gasteiger partial charge in [-0.05, 0) is 31.9 Å². The molecule has 1 aliphatic carbocycles. The summed E-state index contributed by atoms with van der Waals surface area (Å²) in [5.74, 6) is 0.0960. The molecule has 0 aromatic heterocycles. The van der Waals surface area contributed by atoms with Crippen molar-refractivity contribution in [3.8, 4) is 0 Å². The molecule has 0 saturated heterocycles. The molecule has 0 aliphatic heterocycles. The summed E-state index contributed by atoms with van der Waals surface area (Å²) in [6.07, 6.45) is 0.697. The molecular formula is C16H20N2O4. The number of allylic oxidation sites excluding steroid dienone is 2. The van der Waals surface area contributed by atoms with Gasteiger partial charge in [0.05, 0.1) is 0 Å². The van der Waals surface area contributed by atoms with Crippen LogP contribution >= 0.6 is 0 Å². The molecule has 6 nitrogen and oxygen atoms in total. The molecule has 0 saturated carbocycles. The first-order valence-electron chi connectivity index (χ1n) is 6.97. The van der Waals surface area contributed by atoms with E-state index in [1.54, 1.807) is 0 Å². The van der Waals surface area contributed by atoms with E-state index in [0.29, 0.717) is 0 Å². The zero-order valence-corrected chi connectivity index (χ0v) is 12.9. The van der Waals surface area contributed by atoms with Gasteiger partial charge >= 0.3 is 12.2 Å². The fourth-order valence-corrected chi connectivity index (χ4v) is 1.92. The van der Waals surface area contributed by atoms with E-state index in [-0.39, 0.29) is 12.5 Å². The van der Waals surface area contributed by atoms with Gasteiger partial charge in [-0.15, -0.1) is 0 Å². The molecule has 6 heteroatoms. The summed E-state index contributed by atoms with van der Waals surface area (Å²) in [5, 5.41) is 2.73. The Morgan fingerprint density at radius 2 is 1.86 bits per heavy atom. The van der Waals surface area contributed by atoms with Gasteiger partial charge in [-0.3, -0.25) is 5.32 Å². The molecule has 0 bridgehead atoms. The molecule has 0 unspecified atom stereocenters. The van der Waals surface area contributed by atoms with E-state index < -0.39 is 17.8 Å². The number of carbonyl (C=O) groups excluding carboxylic acids is 2. The van der Waals surface area contributed by atoms with E-state index in [0.717, 1.165) is 16.8 Å². The third kappa shape index (κ3) is 4.80. The van der Waals surface area contributed by atoms with Crippen LogP contribution < -0.4 is 11.1 Å². The van der Waals surface area contributed by atoms with E-state index in [2.05, 4.69) is 5.32 Å². The Morgan fingerprint density at radius 1 is 1.23 bits per heavy atom. The maximum Gasteiger partial charge on any atom is 0.411 e. The number of rotatable bonds is 4. The second-order valence-electron chi connectivity index (χ2n) is 6.08. The molecule has 0 radical (unpaired) electrons. The van der Waals surface area contributed by atoms with Crippen LogP contribution in [0.2, 0.25) is 0 Å². The van der Waals surface area contributed by atoms with Gasteiger partial charge in [-0.1, -0.05) is 30.3 Å². The maximum atomic E-state index is 11.7. The van der Waals surface area contributed by atoms with E-state index in [1.165, 1.54) is 0 Å². The third-order valence-electron chi connectivity index (χ3n) is 2.94. The van der Waals surface area contributed by atoms with Crippen molar-refractivity contribution in [3.63, 3.8) is 0 Å². The fourth-order valence-electron chi connectivity index (χ4n) is 1.92. The molecule has 1 aromatic carbocycles. The molecule has 0 heterocycles. The quantitative estimate of drug-likeness (QED) is 0.895. The van der Waals surface area contributed by atoms with Crippen molar-refractivity contribution >= 4 is 12.2 Å². The number of hydrogen-bond acceptors (Lipinski definition) is 4. The molecule has 22 heavy (non-hydrogen) atoms. The second-order valence-corrected chi connectivity index (χ2v) is 6.08. The molecule has 1 aromatic rings. The summed E-state index contributed by atoms with van der Waals surface area (Å²) in [7, 11) is 0. The highest BCUT2D eigenvalue weighted by molar-refractivity contribution is 5.72. The Hall–Kier alpha value is -2.50. The average molecular weight is 304 g/mol. The van der Waals surface area contributed by atoms with Crippen LogP contribution in [0.15, 0.2) is 36.0 Å². The van der Waals surface area contributed by atoms with Crippen molar-refractivity contribution in [2.45, 2.75) is 38.9 Å². The predicted molar refractivity (Wildman–Crippen MR) is 81.0 cm³/mol. The number of amides is 2. The predicted octanol–water partition coefficient (Wildman–Crippen LogP) is 2.79. The van der Waals surface area contributed by atoms with Crippen LogP contribution in [-0.2, 0) is 16.1 Å². The summed E-state index contributed by atoms with van der Waals surface area (Å²) >= 11 is 0. The molecule has 1 aliphatic rings. The lowest BCUT2D eigenvalue weighted by molar-refractivity contribution is 0.0547. The van der Waals surface area contributed by atoms with Crippen LogP contribution in [0.3, 0.4) is 0 Å². The number of benzene rings is 1. The number of alkyl carbamates (subject to hydrolysis) is 1. The Balaban J connectivity index is 1.83. The summed E-state index contributed by atoms with van der Waals surface area (Å²) in [6.45, 7) is 5.60. The highest BCUT2D eigenvalue weighted by Crippen LogP contribution is 2.37. The van der Waals surface area contributed by atoms with Crippen molar-refractivity contribution in [2.24, 2.45) is 5.73 Å². The summed E-state index contributed by atoms with van der Waals surface area (Å²) in [4.78, 5) is 22.2.